The summed E-state index contributed by atoms with van der Waals surface area (Å²) >= 11 is 0. The van der Waals surface area contributed by atoms with E-state index >= 15 is 0 Å². The lowest BCUT2D eigenvalue weighted by atomic mass is 9.89. The first kappa shape index (κ1) is 12.1. The second-order valence-corrected chi connectivity index (χ2v) is 5.23. The Bertz CT molecular complexity index is 548. The Morgan fingerprint density at radius 1 is 1.26 bits per heavy atom. The summed E-state index contributed by atoms with van der Waals surface area (Å²) in [5, 5.41) is 8.88. The van der Waals surface area contributed by atoms with Crippen molar-refractivity contribution in [2.75, 3.05) is 13.1 Å². The first-order valence-electron chi connectivity index (χ1n) is 6.38. The van der Waals surface area contributed by atoms with Crippen LogP contribution in [0.25, 0.3) is 0 Å². The summed E-state index contributed by atoms with van der Waals surface area (Å²) in [6, 6.07) is 4.41. The normalized spacial score (nSPS) is 19.1. The van der Waals surface area contributed by atoms with Gasteiger partial charge in [0.25, 0.3) is 0 Å². The summed E-state index contributed by atoms with van der Waals surface area (Å²) in [5.41, 5.74) is 0.101. The van der Waals surface area contributed by atoms with Crippen molar-refractivity contribution >= 4 is 11.9 Å². The molecule has 1 heterocycles. The third-order valence-electron chi connectivity index (χ3n) is 3.82. The molecule has 0 spiro atoms. The van der Waals surface area contributed by atoms with Crippen LogP contribution in [0, 0.1) is 11.7 Å². The van der Waals surface area contributed by atoms with Gasteiger partial charge in [-0.05, 0) is 24.5 Å². The molecule has 1 saturated heterocycles. The van der Waals surface area contributed by atoms with E-state index in [-0.39, 0.29) is 23.3 Å². The number of carboxylic acid groups (broad SMARTS) is 1. The van der Waals surface area contributed by atoms with Gasteiger partial charge in [-0.15, -0.1) is 0 Å². The van der Waals surface area contributed by atoms with E-state index in [1.165, 1.54) is 6.07 Å². The Balaban J connectivity index is 1.73. The van der Waals surface area contributed by atoms with Crippen LogP contribution < -0.4 is 0 Å². The van der Waals surface area contributed by atoms with Crippen molar-refractivity contribution in [2.45, 2.75) is 18.8 Å². The Morgan fingerprint density at radius 3 is 2.53 bits per heavy atom. The maximum absolute atomic E-state index is 14.0. The van der Waals surface area contributed by atoms with Crippen LogP contribution in [0.2, 0.25) is 0 Å². The Hall–Kier alpha value is -1.91. The maximum atomic E-state index is 14.0. The molecule has 0 aromatic heterocycles. The van der Waals surface area contributed by atoms with E-state index in [2.05, 4.69) is 0 Å². The van der Waals surface area contributed by atoms with E-state index in [9.17, 15) is 14.0 Å². The minimum absolute atomic E-state index is 0.0815. The number of halogens is 1. The molecule has 0 unspecified atom stereocenters. The fourth-order valence-electron chi connectivity index (χ4n) is 2.47. The van der Waals surface area contributed by atoms with E-state index in [0.29, 0.717) is 18.7 Å². The molecule has 1 N–H and O–H groups in total. The molecular weight excluding hydrogens is 249 g/mol. The lowest BCUT2D eigenvalue weighted by Gasteiger charge is -2.40. The Morgan fingerprint density at radius 2 is 1.95 bits per heavy atom. The van der Waals surface area contributed by atoms with Crippen LogP contribution >= 0.6 is 0 Å². The van der Waals surface area contributed by atoms with Crippen molar-refractivity contribution in [3.05, 3.63) is 35.1 Å². The number of carbonyl (C=O) groups is 2. The first-order chi connectivity index (χ1) is 9.08. The molecule has 1 aliphatic carbocycles. The van der Waals surface area contributed by atoms with E-state index in [4.69, 9.17) is 5.11 Å². The zero-order valence-electron chi connectivity index (χ0n) is 10.3. The van der Waals surface area contributed by atoms with Gasteiger partial charge in [-0.3, -0.25) is 4.79 Å². The van der Waals surface area contributed by atoms with Gasteiger partial charge in [-0.1, -0.05) is 12.1 Å². The van der Waals surface area contributed by atoms with Gasteiger partial charge in [0.2, 0.25) is 5.91 Å². The second-order valence-electron chi connectivity index (χ2n) is 5.23. The summed E-state index contributed by atoms with van der Waals surface area (Å²) < 4.78 is 14.0. The zero-order valence-corrected chi connectivity index (χ0v) is 10.3. The average molecular weight is 263 g/mol. The van der Waals surface area contributed by atoms with Crippen LogP contribution in [0.5, 0.6) is 0 Å². The molecule has 1 saturated carbocycles. The molecule has 0 atom stereocenters. The Kier molecular flexibility index (Phi) is 2.77. The van der Waals surface area contributed by atoms with Crippen molar-refractivity contribution in [3.8, 4) is 0 Å². The van der Waals surface area contributed by atoms with E-state index in [0.717, 1.165) is 12.8 Å². The molecule has 0 bridgehead atoms. The van der Waals surface area contributed by atoms with Gasteiger partial charge in [-0.25, -0.2) is 9.18 Å². The highest BCUT2D eigenvalue weighted by atomic mass is 19.1. The number of amides is 1. The molecule has 2 fully saturated rings. The van der Waals surface area contributed by atoms with Crippen molar-refractivity contribution in [3.63, 3.8) is 0 Å². The first-order valence-corrected chi connectivity index (χ1v) is 6.38. The maximum Gasteiger partial charge on any atom is 0.338 e. The average Bonchev–Trinajstić information content (AvgIpc) is 3.12. The number of hydrogen-bond donors (Lipinski definition) is 1. The SMILES string of the molecule is O=C(O)c1cccc(C2CN(C(=O)C3CC3)C2)c1F. The fraction of sp³-hybridized carbons (Fsp3) is 0.429. The number of nitrogens with zero attached hydrogens (tertiary/aromatic N) is 1. The smallest absolute Gasteiger partial charge is 0.338 e. The van der Waals surface area contributed by atoms with Crippen LogP contribution in [0.3, 0.4) is 0 Å². The molecule has 1 amide bonds. The quantitative estimate of drug-likeness (QED) is 0.905. The fourth-order valence-corrected chi connectivity index (χ4v) is 2.47. The molecule has 4 nitrogen and oxygen atoms in total. The summed E-state index contributed by atoms with van der Waals surface area (Å²) in [5.74, 6) is -1.67. The van der Waals surface area contributed by atoms with Gasteiger partial charge in [-0.2, -0.15) is 0 Å². The lowest BCUT2D eigenvalue weighted by Crippen LogP contribution is -2.49. The van der Waals surface area contributed by atoms with Crippen LogP contribution in [-0.4, -0.2) is 35.0 Å². The number of aromatic carboxylic acids is 1. The summed E-state index contributed by atoms with van der Waals surface area (Å²) in [7, 11) is 0. The van der Waals surface area contributed by atoms with Crippen LogP contribution in [0.15, 0.2) is 18.2 Å². The van der Waals surface area contributed by atoms with E-state index in [1.807, 2.05) is 0 Å². The van der Waals surface area contributed by atoms with Crippen LogP contribution in [-0.2, 0) is 4.79 Å². The highest BCUT2D eigenvalue weighted by Crippen LogP contribution is 2.36. The predicted molar refractivity (Wildman–Crippen MR) is 65.4 cm³/mol. The van der Waals surface area contributed by atoms with E-state index in [1.54, 1.807) is 17.0 Å². The van der Waals surface area contributed by atoms with Gasteiger partial charge in [0.15, 0.2) is 0 Å². The second kappa shape index (κ2) is 4.33. The highest BCUT2D eigenvalue weighted by molar-refractivity contribution is 5.88. The highest BCUT2D eigenvalue weighted by Gasteiger charge is 2.40. The molecule has 1 aromatic carbocycles. The monoisotopic (exact) mass is 263 g/mol. The minimum atomic E-state index is -1.26. The number of carboxylic acids is 1. The van der Waals surface area contributed by atoms with Gasteiger partial charge in [0.1, 0.15) is 5.82 Å². The third-order valence-corrected chi connectivity index (χ3v) is 3.82. The van der Waals surface area contributed by atoms with Gasteiger partial charge in [0.05, 0.1) is 5.56 Å². The van der Waals surface area contributed by atoms with Crippen LogP contribution in [0.4, 0.5) is 4.39 Å². The van der Waals surface area contributed by atoms with Crippen molar-refractivity contribution in [1.29, 1.82) is 0 Å². The minimum Gasteiger partial charge on any atom is -0.478 e. The molecule has 1 aliphatic heterocycles. The van der Waals surface area contributed by atoms with Gasteiger partial charge < -0.3 is 10.0 Å². The number of hydrogen-bond acceptors (Lipinski definition) is 2. The van der Waals surface area contributed by atoms with Crippen LogP contribution in [0.1, 0.15) is 34.7 Å². The van der Waals surface area contributed by atoms with Crippen molar-refractivity contribution < 1.29 is 19.1 Å². The molecule has 5 heteroatoms. The Labute approximate surface area is 109 Å². The molecule has 100 valence electrons. The van der Waals surface area contributed by atoms with Gasteiger partial charge in [0, 0.05) is 24.9 Å². The molecule has 1 aromatic rings. The molecule has 0 radical (unpaired) electrons. The number of benzene rings is 1. The molecule has 3 rings (SSSR count). The molecule has 2 aliphatic rings. The number of carbonyl (C=O) groups excluding carboxylic acids is 1. The summed E-state index contributed by atoms with van der Waals surface area (Å²) in [6.07, 6.45) is 1.92. The lowest BCUT2D eigenvalue weighted by molar-refractivity contribution is -0.137. The summed E-state index contributed by atoms with van der Waals surface area (Å²) in [4.78, 5) is 24.4. The zero-order chi connectivity index (χ0) is 13.6. The third kappa shape index (κ3) is 2.09. The van der Waals surface area contributed by atoms with Gasteiger partial charge >= 0.3 is 5.97 Å². The van der Waals surface area contributed by atoms with E-state index < -0.39 is 11.8 Å². The summed E-state index contributed by atoms with van der Waals surface area (Å²) in [6.45, 7) is 0.991. The molecule has 19 heavy (non-hydrogen) atoms. The predicted octanol–water partition coefficient (Wildman–Crippen LogP) is 1.86. The number of rotatable bonds is 3. The largest absolute Gasteiger partial charge is 0.478 e. The number of likely N-dealkylation sites (tertiary alicyclic amines) is 1. The van der Waals surface area contributed by atoms with Crippen molar-refractivity contribution in [1.82, 2.24) is 4.90 Å². The molecular formula is C14H14FNO3. The standard InChI is InChI=1S/C14H14FNO3/c15-12-10(2-1-3-11(12)14(18)19)9-6-16(7-9)13(17)8-4-5-8/h1-3,8-9H,4-7H2,(H,18,19). The topological polar surface area (TPSA) is 57.6 Å². The van der Waals surface area contributed by atoms with Crippen molar-refractivity contribution in [2.24, 2.45) is 5.92 Å².